The van der Waals surface area contributed by atoms with Gasteiger partial charge in [0.05, 0.1) is 23.3 Å². The van der Waals surface area contributed by atoms with Crippen molar-refractivity contribution in [1.82, 2.24) is 5.32 Å². The molecule has 15 heavy (non-hydrogen) atoms. The van der Waals surface area contributed by atoms with Crippen LogP contribution in [0.1, 0.15) is 34.1 Å². The zero-order valence-corrected chi connectivity index (χ0v) is 9.60. The third-order valence-corrected chi connectivity index (χ3v) is 2.44. The van der Waals surface area contributed by atoms with Crippen LogP contribution in [-0.4, -0.2) is 0 Å². The van der Waals surface area contributed by atoms with Crippen LogP contribution < -0.4 is 5.32 Å². The zero-order valence-electron chi connectivity index (χ0n) is 9.60. The molecule has 0 unspecified atom stereocenters. The number of hydrogen-bond acceptors (Lipinski definition) is 3. The maximum atomic E-state index is 9.04. The minimum atomic E-state index is -0.0900. The Morgan fingerprint density at radius 2 is 1.67 bits per heavy atom. The van der Waals surface area contributed by atoms with Crippen LogP contribution in [0.5, 0.6) is 0 Å². The van der Waals surface area contributed by atoms with Gasteiger partial charge in [-0.2, -0.15) is 10.5 Å². The number of allylic oxidation sites excluding steroid dienone is 4. The van der Waals surface area contributed by atoms with E-state index < -0.39 is 0 Å². The van der Waals surface area contributed by atoms with Crippen LogP contribution in [0.3, 0.4) is 0 Å². The van der Waals surface area contributed by atoms with Crippen LogP contribution in [0.15, 0.2) is 22.5 Å². The molecular formula is C12H15N3. The lowest BCUT2D eigenvalue weighted by Gasteiger charge is -2.29. The lowest BCUT2D eigenvalue weighted by Crippen LogP contribution is -2.28. The summed E-state index contributed by atoms with van der Waals surface area (Å²) < 4.78 is 0. The first kappa shape index (κ1) is 11.3. The molecule has 0 atom stereocenters. The maximum Gasteiger partial charge on any atom is 0.0969 e. The summed E-state index contributed by atoms with van der Waals surface area (Å²) in [6.07, 6.45) is 0.457. The molecule has 3 heteroatoms. The molecule has 1 aliphatic rings. The van der Waals surface area contributed by atoms with Gasteiger partial charge in [-0.25, -0.2) is 0 Å². The van der Waals surface area contributed by atoms with E-state index in [1.165, 1.54) is 0 Å². The van der Waals surface area contributed by atoms with E-state index >= 15 is 0 Å². The van der Waals surface area contributed by atoms with Crippen molar-refractivity contribution in [2.75, 3.05) is 0 Å². The topological polar surface area (TPSA) is 59.6 Å². The smallest absolute Gasteiger partial charge is 0.0969 e. The first-order valence-corrected chi connectivity index (χ1v) is 4.90. The fraction of sp³-hybridized carbons (Fsp3) is 0.500. The van der Waals surface area contributed by atoms with Crippen LogP contribution in [0, 0.1) is 28.1 Å². The second kappa shape index (κ2) is 3.79. The Labute approximate surface area is 90.7 Å². The third kappa shape index (κ3) is 2.19. The van der Waals surface area contributed by atoms with Gasteiger partial charge in [0.25, 0.3) is 0 Å². The van der Waals surface area contributed by atoms with Crippen molar-refractivity contribution in [2.24, 2.45) is 5.41 Å². The van der Waals surface area contributed by atoms with E-state index in [0.717, 1.165) is 11.4 Å². The second-order valence-corrected chi connectivity index (χ2v) is 4.73. The van der Waals surface area contributed by atoms with Gasteiger partial charge in [0.15, 0.2) is 0 Å². The molecule has 0 bridgehead atoms. The molecule has 0 aromatic rings. The molecule has 1 N–H and O–H groups in total. The Balaban J connectivity index is 3.16. The second-order valence-electron chi connectivity index (χ2n) is 4.73. The van der Waals surface area contributed by atoms with Crippen molar-refractivity contribution in [1.29, 1.82) is 10.5 Å². The molecule has 0 aromatic carbocycles. The van der Waals surface area contributed by atoms with Gasteiger partial charge in [-0.05, 0) is 6.92 Å². The van der Waals surface area contributed by atoms with Crippen molar-refractivity contribution in [2.45, 2.75) is 34.1 Å². The lowest BCUT2D eigenvalue weighted by atomic mass is 9.85. The average Bonchev–Trinajstić information content (AvgIpc) is 2.16. The standard InChI is InChI=1S/C12H15N3/c1-8-9(6-13)5-10(7-14)11(15-8)12(2,3)4/h15H,5H2,1-4H3. The number of nitrogens with zero attached hydrogens (tertiary/aromatic N) is 2. The first-order chi connectivity index (χ1) is 6.90. The highest BCUT2D eigenvalue weighted by Gasteiger charge is 2.26. The SMILES string of the molecule is CC1=C(C#N)CC(C#N)=C(C(C)(C)C)N1. The summed E-state index contributed by atoms with van der Waals surface area (Å²) in [5.41, 5.74) is 3.03. The van der Waals surface area contributed by atoms with Crippen LogP contribution in [0.25, 0.3) is 0 Å². The summed E-state index contributed by atoms with van der Waals surface area (Å²) in [6, 6.07) is 4.30. The number of rotatable bonds is 0. The van der Waals surface area contributed by atoms with Gasteiger partial charge < -0.3 is 5.32 Å². The van der Waals surface area contributed by atoms with E-state index in [9.17, 15) is 0 Å². The minimum Gasteiger partial charge on any atom is -0.360 e. The monoisotopic (exact) mass is 201 g/mol. The Morgan fingerprint density at radius 3 is 2.07 bits per heavy atom. The van der Waals surface area contributed by atoms with Gasteiger partial charge in [0.2, 0.25) is 0 Å². The summed E-state index contributed by atoms with van der Waals surface area (Å²) in [7, 11) is 0. The van der Waals surface area contributed by atoms with E-state index in [2.05, 4.69) is 38.2 Å². The van der Waals surface area contributed by atoms with E-state index in [0.29, 0.717) is 17.6 Å². The fourth-order valence-electron chi connectivity index (χ4n) is 1.60. The minimum absolute atomic E-state index is 0.0900. The van der Waals surface area contributed by atoms with Gasteiger partial charge in [-0.1, -0.05) is 20.8 Å². The van der Waals surface area contributed by atoms with Crippen LogP contribution in [-0.2, 0) is 0 Å². The van der Waals surface area contributed by atoms with Crippen LogP contribution in [0.4, 0.5) is 0 Å². The lowest BCUT2D eigenvalue weighted by molar-refractivity contribution is 0.464. The largest absolute Gasteiger partial charge is 0.360 e. The Kier molecular flexibility index (Phi) is 2.86. The molecule has 78 valence electrons. The van der Waals surface area contributed by atoms with Crippen molar-refractivity contribution in [3.05, 3.63) is 22.5 Å². The molecule has 0 spiro atoms. The summed E-state index contributed by atoms with van der Waals surface area (Å²) in [6.45, 7) is 8.03. The third-order valence-electron chi connectivity index (χ3n) is 2.44. The molecule has 0 fully saturated rings. The van der Waals surface area contributed by atoms with E-state index in [-0.39, 0.29) is 5.41 Å². The van der Waals surface area contributed by atoms with Gasteiger partial charge in [-0.3, -0.25) is 0 Å². The van der Waals surface area contributed by atoms with Crippen LogP contribution in [0.2, 0.25) is 0 Å². The molecule has 0 saturated carbocycles. The highest BCUT2D eigenvalue weighted by Crippen LogP contribution is 2.32. The average molecular weight is 201 g/mol. The quantitative estimate of drug-likeness (QED) is 0.655. The summed E-state index contributed by atoms with van der Waals surface area (Å²) in [5.74, 6) is 0. The van der Waals surface area contributed by atoms with Crippen LogP contribution >= 0.6 is 0 Å². The predicted octanol–water partition coefficient (Wildman–Crippen LogP) is 2.60. The van der Waals surface area contributed by atoms with E-state index in [4.69, 9.17) is 10.5 Å². The summed E-state index contributed by atoms with van der Waals surface area (Å²) in [5, 5.41) is 21.1. The maximum absolute atomic E-state index is 9.04. The van der Waals surface area contributed by atoms with Gasteiger partial charge in [0, 0.05) is 23.2 Å². The molecule has 3 nitrogen and oxygen atoms in total. The number of dihydropyridines is 1. The summed E-state index contributed by atoms with van der Waals surface area (Å²) >= 11 is 0. The van der Waals surface area contributed by atoms with E-state index in [1.807, 2.05) is 6.92 Å². The highest BCUT2D eigenvalue weighted by atomic mass is 14.9. The fourth-order valence-corrected chi connectivity index (χ4v) is 1.60. The zero-order chi connectivity index (χ0) is 11.6. The molecular weight excluding hydrogens is 186 g/mol. The molecule has 0 amide bonds. The summed E-state index contributed by atoms with van der Waals surface area (Å²) in [4.78, 5) is 0. The number of hydrogen-bond donors (Lipinski definition) is 1. The van der Waals surface area contributed by atoms with Crippen molar-refractivity contribution >= 4 is 0 Å². The van der Waals surface area contributed by atoms with Gasteiger partial charge >= 0.3 is 0 Å². The number of nitrogens with one attached hydrogen (secondary N) is 1. The molecule has 1 heterocycles. The van der Waals surface area contributed by atoms with Gasteiger partial charge in [0.1, 0.15) is 0 Å². The van der Waals surface area contributed by atoms with Crippen molar-refractivity contribution < 1.29 is 0 Å². The van der Waals surface area contributed by atoms with Gasteiger partial charge in [-0.15, -0.1) is 0 Å². The molecule has 0 aromatic heterocycles. The highest BCUT2D eigenvalue weighted by molar-refractivity contribution is 5.45. The Morgan fingerprint density at radius 1 is 1.13 bits per heavy atom. The number of nitriles is 2. The Bertz CT molecular complexity index is 419. The Hall–Kier alpha value is -1.74. The predicted molar refractivity (Wildman–Crippen MR) is 58.2 cm³/mol. The molecule has 0 aliphatic carbocycles. The first-order valence-electron chi connectivity index (χ1n) is 4.90. The van der Waals surface area contributed by atoms with Crippen molar-refractivity contribution in [3.63, 3.8) is 0 Å². The molecule has 1 aliphatic heterocycles. The molecule has 0 saturated heterocycles. The molecule has 0 radical (unpaired) electrons. The van der Waals surface area contributed by atoms with E-state index in [1.54, 1.807) is 0 Å². The van der Waals surface area contributed by atoms with Crippen molar-refractivity contribution in [3.8, 4) is 12.1 Å². The molecule has 1 rings (SSSR count). The normalized spacial score (nSPS) is 16.9.